The molecule has 6 heteroatoms. The van der Waals surface area contributed by atoms with Crippen molar-refractivity contribution in [1.82, 2.24) is 0 Å². The van der Waals surface area contributed by atoms with Gasteiger partial charge in [0.1, 0.15) is 12.2 Å². The van der Waals surface area contributed by atoms with Gasteiger partial charge < -0.3 is 4.74 Å². The van der Waals surface area contributed by atoms with Gasteiger partial charge in [-0.05, 0) is 5.56 Å². The first kappa shape index (κ1) is 12.8. The monoisotopic (exact) mass is 237 g/mol. The van der Waals surface area contributed by atoms with Crippen LogP contribution in [0.4, 0.5) is 5.69 Å². The van der Waals surface area contributed by atoms with E-state index in [1.807, 2.05) is 0 Å². The molecule has 90 valence electrons. The molecule has 1 aromatic carbocycles. The molecule has 0 N–H and O–H groups in total. The number of ketones is 1. The van der Waals surface area contributed by atoms with Gasteiger partial charge in [0.15, 0.2) is 0 Å². The van der Waals surface area contributed by atoms with E-state index in [0.29, 0.717) is 5.56 Å². The van der Waals surface area contributed by atoms with Crippen LogP contribution in [0.15, 0.2) is 24.3 Å². The Labute approximate surface area is 97.3 Å². The number of esters is 1. The molecular weight excluding hydrogens is 226 g/mol. The highest BCUT2D eigenvalue weighted by molar-refractivity contribution is 5.96. The number of carbonyl (C=O) groups is 2. The molecule has 0 aliphatic carbocycles. The largest absolute Gasteiger partial charge is 0.469 e. The second kappa shape index (κ2) is 5.74. The average molecular weight is 237 g/mol. The van der Waals surface area contributed by atoms with Crippen molar-refractivity contribution < 1.29 is 19.2 Å². The van der Waals surface area contributed by atoms with Gasteiger partial charge in [-0.3, -0.25) is 19.7 Å². The van der Waals surface area contributed by atoms with Crippen LogP contribution in [0.5, 0.6) is 0 Å². The smallest absolute Gasteiger partial charge is 0.313 e. The zero-order valence-electron chi connectivity index (χ0n) is 9.21. The van der Waals surface area contributed by atoms with Crippen LogP contribution < -0.4 is 0 Å². The lowest BCUT2D eigenvalue weighted by Gasteiger charge is -2.00. The normalized spacial score (nSPS) is 9.71. The molecule has 0 bridgehead atoms. The zero-order valence-corrected chi connectivity index (χ0v) is 9.21. The predicted molar refractivity (Wildman–Crippen MR) is 58.4 cm³/mol. The Bertz CT molecular complexity index is 455. The van der Waals surface area contributed by atoms with Crippen LogP contribution in [-0.4, -0.2) is 23.8 Å². The molecule has 0 fully saturated rings. The summed E-state index contributed by atoms with van der Waals surface area (Å²) in [6, 6.07) is 5.75. The summed E-state index contributed by atoms with van der Waals surface area (Å²) in [7, 11) is 1.20. The van der Waals surface area contributed by atoms with Crippen molar-refractivity contribution in [2.24, 2.45) is 0 Å². The molecule has 0 saturated heterocycles. The summed E-state index contributed by atoms with van der Waals surface area (Å²) in [6.07, 6.45) is -0.337. The highest BCUT2D eigenvalue weighted by Crippen LogP contribution is 2.14. The van der Waals surface area contributed by atoms with Gasteiger partial charge in [-0.15, -0.1) is 0 Å². The van der Waals surface area contributed by atoms with Crippen LogP contribution in [0.2, 0.25) is 0 Å². The van der Waals surface area contributed by atoms with Gasteiger partial charge in [-0.1, -0.05) is 12.1 Å². The summed E-state index contributed by atoms with van der Waals surface area (Å²) in [5.74, 6) is -0.947. The van der Waals surface area contributed by atoms with Crippen molar-refractivity contribution in [3.05, 3.63) is 39.9 Å². The first-order valence-electron chi connectivity index (χ1n) is 4.84. The summed E-state index contributed by atoms with van der Waals surface area (Å²) in [5.41, 5.74) is 0.432. The molecule has 0 heterocycles. The number of rotatable bonds is 5. The molecule has 0 unspecified atom stereocenters. The number of carbonyl (C=O) groups excluding carboxylic acids is 2. The van der Waals surface area contributed by atoms with E-state index in [4.69, 9.17) is 0 Å². The maximum absolute atomic E-state index is 11.4. The fourth-order valence-corrected chi connectivity index (χ4v) is 1.30. The highest BCUT2D eigenvalue weighted by Gasteiger charge is 2.12. The average Bonchev–Trinajstić information content (AvgIpc) is 2.28. The topological polar surface area (TPSA) is 86.5 Å². The lowest BCUT2D eigenvalue weighted by molar-refractivity contribution is -0.384. The third kappa shape index (κ3) is 4.02. The highest BCUT2D eigenvalue weighted by atomic mass is 16.6. The summed E-state index contributed by atoms with van der Waals surface area (Å²) in [6.45, 7) is 0. The van der Waals surface area contributed by atoms with E-state index in [1.165, 1.54) is 25.3 Å². The van der Waals surface area contributed by atoms with Crippen LogP contribution >= 0.6 is 0 Å². The summed E-state index contributed by atoms with van der Waals surface area (Å²) in [5, 5.41) is 10.5. The zero-order chi connectivity index (χ0) is 12.8. The third-order valence-electron chi connectivity index (χ3n) is 2.09. The van der Waals surface area contributed by atoms with Crippen molar-refractivity contribution in [2.75, 3.05) is 7.11 Å². The predicted octanol–water partition coefficient (Wildman–Crippen LogP) is 1.27. The van der Waals surface area contributed by atoms with Gasteiger partial charge in [0.2, 0.25) is 0 Å². The summed E-state index contributed by atoms with van der Waals surface area (Å²) < 4.78 is 4.35. The Morgan fingerprint density at radius 2 is 2.12 bits per heavy atom. The molecule has 0 aromatic heterocycles. The van der Waals surface area contributed by atoms with E-state index in [1.54, 1.807) is 6.07 Å². The minimum atomic E-state index is -0.611. The number of methoxy groups -OCH3 is 1. The van der Waals surface area contributed by atoms with Gasteiger partial charge in [0, 0.05) is 18.6 Å². The van der Waals surface area contributed by atoms with Gasteiger partial charge >= 0.3 is 5.97 Å². The SMILES string of the molecule is COC(=O)CC(=O)Cc1cccc([N+](=O)[O-])c1. The van der Waals surface area contributed by atoms with E-state index in [2.05, 4.69) is 4.74 Å². The third-order valence-corrected chi connectivity index (χ3v) is 2.09. The quantitative estimate of drug-likeness (QED) is 0.333. The molecule has 1 aromatic rings. The van der Waals surface area contributed by atoms with Crippen LogP contribution in [0.25, 0.3) is 0 Å². The Morgan fingerprint density at radius 3 is 2.71 bits per heavy atom. The van der Waals surface area contributed by atoms with Crippen molar-refractivity contribution >= 4 is 17.4 Å². The lowest BCUT2D eigenvalue weighted by atomic mass is 10.1. The number of Topliss-reactive ketones (excluding diaryl/α,β-unsaturated/α-hetero) is 1. The summed E-state index contributed by atoms with van der Waals surface area (Å²) >= 11 is 0. The van der Waals surface area contributed by atoms with Crippen molar-refractivity contribution in [1.29, 1.82) is 0 Å². The molecule has 0 radical (unpaired) electrons. The Hall–Kier alpha value is -2.24. The molecule has 0 amide bonds. The van der Waals surface area contributed by atoms with E-state index in [0.717, 1.165) is 0 Å². The number of benzene rings is 1. The number of hydrogen-bond acceptors (Lipinski definition) is 5. The Morgan fingerprint density at radius 1 is 1.41 bits per heavy atom. The molecule has 0 saturated carbocycles. The molecule has 1 rings (SSSR count). The van der Waals surface area contributed by atoms with Gasteiger partial charge in [-0.2, -0.15) is 0 Å². The Balaban J connectivity index is 2.68. The number of nitro benzene ring substituents is 1. The van der Waals surface area contributed by atoms with Crippen molar-refractivity contribution in [2.45, 2.75) is 12.8 Å². The number of nitro groups is 1. The first-order valence-corrected chi connectivity index (χ1v) is 4.84. The molecule has 0 atom stereocenters. The van der Waals surface area contributed by atoms with Crippen LogP contribution in [0, 0.1) is 10.1 Å². The van der Waals surface area contributed by atoms with Gasteiger partial charge in [-0.25, -0.2) is 0 Å². The molecular formula is C11H11NO5. The number of non-ortho nitro benzene ring substituents is 1. The van der Waals surface area contributed by atoms with E-state index >= 15 is 0 Å². The summed E-state index contributed by atoms with van der Waals surface area (Å²) in [4.78, 5) is 32.2. The van der Waals surface area contributed by atoms with Gasteiger partial charge in [0.25, 0.3) is 5.69 Å². The van der Waals surface area contributed by atoms with Crippen LogP contribution in [0.3, 0.4) is 0 Å². The second-order valence-electron chi connectivity index (χ2n) is 3.40. The minimum absolute atomic E-state index is 0.0171. The van der Waals surface area contributed by atoms with Crippen molar-refractivity contribution in [3.8, 4) is 0 Å². The number of nitrogens with zero attached hydrogens (tertiary/aromatic N) is 1. The van der Waals surface area contributed by atoms with Gasteiger partial charge in [0.05, 0.1) is 12.0 Å². The molecule has 0 aliphatic heterocycles. The standard InChI is InChI=1S/C11H11NO5/c1-17-11(14)7-10(13)6-8-3-2-4-9(5-8)12(15)16/h2-5H,6-7H2,1H3. The molecule has 0 aliphatic rings. The van der Waals surface area contributed by atoms with E-state index in [-0.39, 0.29) is 24.3 Å². The fourth-order valence-electron chi connectivity index (χ4n) is 1.30. The number of ether oxygens (including phenoxy) is 1. The maximum atomic E-state index is 11.4. The van der Waals surface area contributed by atoms with Crippen molar-refractivity contribution in [3.63, 3.8) is 0 Å². The molecule has 17 heavy (non-hydrogen) atoms. The Kier molecular flexibility index (Phi) is 4.33. The van der Waals surface area contributed by atoms with Crippen LogP contribution in [0.1, 0.15) is 12.0 Å². The molecule has 6 nitrogen and oxygen atoms in total. The lowest BCUT2D eigenvalue weighted by Crippen LogP contribution is -2.11. The number of hydrogen-bond donors (Lipinski definition) is 0. The fraction of sp³-hybridized carbons (Fsp3) is 0.273. The molecule has 0 spiro atoms. The van der Waals surface area contributed by atoms with E-state index < -0.39 is 10.9 Å². The minimum Gasteiger partial charge on any atom is -0.469 e. The van der Waals surface area contributed by atoms with E-state index in [9.17, 15) is 19.7 Å². The maximum Gasteiger partial charge on any atom is 0.313 e. The first-order chi connectivity index (χ1) is 8.02. The second-order valence-corrected chi connectivity index (χ2v) is 3.40. The van der Waals surface area contributed by atoms with Crippen LogP contribution in [-0.2, 0) is 20.7 Å².